The van der Waals surface area contributed by atoms with Crippen molar-refractivity contribution >= 4 is 29.0 Å². The zero-order valence-electron chi connectivity index (χ0n) is 14.7. The van der Waals surface area contributed by atoms with E-state index in [0.717, 1.165) is 35.2 Å². The Balaban J connectivity index is 1.73. The van der Waals surface area contributed by atoms with Crippen molar-refractivity contribution in [3.05, 3.63) is 58.4 Å². The average molecular weight is 389 g/mol. The number of anilines is 1. The monoisotopic (exact) mass is 388 g/mol. The maximum atomic E-state index is 13.9. The smallest absolute Gasteiger partial charge is 0.307 e. The number of aliphatic carboxylic acids is 1. The normalized spacial score (nSPS) is 16.3. The second-order valence-electron chi connectivity index (χ2n) is 6.79. The molecule has 0 aliphatic heterocycles. The molecule has 8 heteroatoms. The summed E-state index contributed by atoms with van der Waals surface area (Å²) in [5.41, 5.74) is 3.51. The van der Waals surface area contributed by atoms with Gasteiger partial charge in [-0.1, -0.05) is 11.6 Å². The number of carboxylic acid groups (broad SMARTS) is 1. The van der Waals surface area contributed by atoms with E-state index in [2.05, 4.69) is 9.97 Å². The highest BCUT2D eigenvalue weighted by Gasteiger charge is 2.29. The second-order valence-corrected chi connectivity index (χ2v) is 7.22. The van der Waals surface area contributed by atoms with E-state index in [4.69, 9.17) is 11.6 Å². The SMILES string of the molecule is CN(c1ncc(Cl)cn1)C1CCc2c(CC(=O)O)c3ccc(F)cn3c2C1. The molecule has 1 atom stereocenters. The molecule has 4 rings (SSSR count). The minimum Gasteiger partial charge on any atom is -0.481 e. The fourth-order valence-electron chi connectivity index (χ4n) is 3.90. The van der Waals surface area contributed by atoms with Crippen LogP contribution in [0.25, 0.3) is 5.52 Å². The van der Waals surface area contributed by atoms with E-state index >= 15 is 0 Å². The second kappa shape index (κ2) is 6.81. The molecule has 0 radical (unpaired) electrons. The molecule has 140 valence electrons. The van der Waals surface area contributed by atoms with Crippen LogP contribution in [0.5, 0.6) is 0 Å². The highest BCUT2D eigenvalue weighted by atomic mass is 35.5. The predicted molar refractivity (Wildman–Crippen MR) is 100.0 cm³/mol. The number of likely N-dealkylation sites (N-methyl/N-ethyl adjacent to an activating group) is 1. The maximum Gasteiger partial charge on any atom is 0.307 e. The first-order chi connectivity index (χ1) is 12.9. The first-order valence-corrected chi connectivity index (χ1v) is 9.04. The molecular formula is C19H18ClFN4O2. The Labute approximate surface area is 160 Å². The van der Waals surface area contributed by atoms with Gasteiger partial charge in [0.15, 0.2) is 0 Å². The van der Waals surface area contributed by atoms with Crippen molar-refractivity contribution in [2.75, 3.05) is 11.9 Å². The van der Waals surface area contributed by atoms with E-state index < -0.39 is 5.97 Å². The Morgan fingerprint density at radius 2 is 2.15 bits per heavy atom. The number of pyridine rings is 1. The Hall–Kier alpha value is -2.67. The summed E-state index contributed by atoms with van der Waals surface area (Å²) in [7, 11) is 1.92. The standard InChI is InChI=1S/C19H18ClFN4O2/c1-24(19-22-8-11(20)9-23-19)13-3-4-14-15(7-18(26)27)16-5-2-12(21)10-25(16)17(14)6-13/h2,5,8-10,13H,3-4,6-7H2,1H3,(H,26,27). The zero-order chi connectivity index (χ0) is 19.1. The van der Waals surface area contributed by atoms with Crippen LogP contribution in [0.3, 0.4) is 0 Å². The summed E-state index contributed by atoms with van der Waals surface area (Å²) in [6.45, 7) is 0. The van der Waals surface area contributed by atoms with Crippen LogP contribution >= 0.6 is 11.6 Å². The van der Waals surface area contributed by atoms with Gasteiger partial charge in [0.1, 0.15) is 5.82 Å². The highest BCUT2D eigenvalue weighted by Crippen LogP contribution is 2.33. The van der Waals surface area contributed by atoms with Gasteiger partial charge in [0.2, 0.25) is 5.95 Å². The third-order valence-corrected chi connectivity index (χ3v) is 5.37. The lowest BCUT2D eigenvalue weighted by molar-refractivity contribution is -0.136. The van der Waals surface area contributed by atoms with E-state index in [1.165, 1.54) is 12.3 Å². The fraction of sp³-hybridized carbons (Fsp3) is 0.316. The topological polar surface area (TPSA) is 70.7 Å². The molecule has 3 aromatic rings. The molecule has 1 unspecified atom stereocenters. The number of hydrogen-bond donors (Lipinski definition) is 1. The Bertz CT molecular complexity index is 1020. The molecule has 1 N–H and O–H groups in total. The summed E-state index contributed by atoms with van der Waals surface area (Å²) in [6, 6.07) is 3.15. The van der Waals surface area contributed by atoms with Crippen LogP contribution in [0.2, 0.25) is 5.02 Å². The summed E-state index contributed by atoms with van der Waals surface area (Å²) in [6.07, 6.45) is 6.70. The molecule has 0 fully saturated rings. The Kier molecular flexibility index (Phi) is 4.47. The van der Waals surface area contributed by atoms with Gasteiger partial charge in [0.25, 0.3) is 0 Å². The molecular weight excluding hydrogens is 371 g/mol. The number of hydrogen-bond acceptors (Lipinski definition) is 4. The average Bonchev–Trinajstić information content (AvgIpc) is 2.94. The van der Waals surface area contributed by atoms with Crippen LogP contribution in [-0.4, -0.2) is 38.5 Å². The molecule has 27 heavy (non-hydrogen) atoms. The van der Waals surface area contributed by atoms with Gasteiger partial charge in [-0.05, 0) is 36.1 Å². The largest absolute Gasteiger partial charge is 0.481 e. The van der Waals surface area contributed by atoms with Gasteiger partial charge in [-0.25, -0.2) is 14.4 Å². The van der Waals surface area contributed by atoms with Gasteiger partial charge in [0, 0.05) is 36.9 Å². The minimum absolute atomic E-state index is 0.0642. The van der Waals surface area contributed by atoms with Crippen LogP contribution in [0, 0.1) is 5.82 Å². The summed E-state index contributed by atoms with van der Waals surface area (Å²) >= 11 is 5.86. The van der Waals surface area contributed by atoms with Crippen LogP contribution in [0.4, 0.5) is 10.3 Å². The van der Waals surface area contributed by atoms with Crippen molar-refractivity contribution in [2.24, 2.45) is 0 Å². The van der Waals surface area contributed by atoms with E-state index in [1.54, 1.807) is 22.9 Å². The maximum absolute atomic E-state index is 13.9. The first-order valence-electron chi connectivity index (χ1n) is 8.66. The number of carbonyl (C=O) groups is 1. The molecule has 3 aromatic heterocycles. The molecule has 0 spiro atoms. The predicted octanol–water partition coefficient (Wildman–Crippen LogP) is 3.14. The van der Waals surface area contributed by atoms with Crippen molar-refractivity contribution in [1.82, 2.24) is 14.4 Å². The van der Waals surface area contributed by atoms with Gasteiger partial charge in [-0.2, -0.15) is 0 Å². The third-order valence-electron chi connectivity index (χ3n) is 5.18. The number of rotatable bonds is 4. The third kappa shape index (κ3) is 3.23. The molecule has 6 nitrogen and oxygen atoms in total. The van der Waals surface area contributed by atoms with Crippen molar-refractivity contribution < 1.29 is 14.3 Å². The number of aromatic nitrogens is 3. The number of nitrogens with zero attached hydrogens (tertiary/aromatic N) is 4. The number of fused-ring (bicyclic) bond motifs is 3. The van der Waals surface area contributed by atoms with Crippen LogP contribution < -0.4 is 4.90 Å². The van der Waals surface area contributed by atoms with E-state index in [-0.39, 0.29) is 18.3 Å². The minimum atomic E-state index is -0.886. The van der Waals surface area contributed by atoms with Gasteiger partial charge >= 0.3 is 5.97 Å². The van der Waals surface area contributed by atoms with E-state index in [9.17, 15) is 14.3 Å². The molecule has 0 saturated carbocycles. The van der Waals surface area contributed by atoms with E-state index in [1.807, 2.05) is 11.9 Å². The summed E-state index contributed by atoms with van der Waals surface area (Å²) in [5.74, 6) is -0.659. The van der Waals surface area contributed by atoms with Crippen molar-refractivity contribution in [1.29, 1.82) is 0 Å². The lowest BCUT2D eigenvalue weighted by atomic mass is 9.89. The van der Waals surface area contributed by atoms with Crippen molar-refractivity contribution in [3.8, 4) is 0 Å². The van der Waals surface area contributed by atoms with Crippen LogP contribution in [0.15, 0.2) is 30.7 Å². The lowest BCUT2D eigenvalue weighted by Crippen LogP contribution is -2.37. The van der Waals surface area contributed by atoms with Gasteiger partial charge in [0.05, 0.1) is 23.8 Å². The summed E-state index contributed by atoms with van der Waals surface area (Å²) in [5, 5.41) is 9.77. The molecule has 1 aliphatic carbocycles. The van der Waals surface area contributed by atoms with Gasteiger partial charge in [-0.15, -0.1) is 0 Å². The zero-order valence-corrected chi connectivity index (χ0v) is 15.4. The summed E-state index contributed by atoms with van der Waals surface area (Å²) < 4.78 is 15.7. The van der Waals surface area contributed by atoms with E-state index in [0.29, 0.717) is 17.4 Å². The quantitative estimate of drug-likeness (QED) is 0.743. The number of carboxylic acids is 1. The first kappa shape index (κ1) is 17.7. The highest BCUT2D eigenvalue weighted by molar-refractivity contribution is 6.30. The molecule has 0 bridgehead atoms. The van der Waals surface area contributed by atoms with Crippen LogP contribution in [0.1, 0.15) is 23.2 Å². The number of halogens is 2. The van der Waals surface area contributed by atoms with Gasteiger partial charge in [-0.3, -0.25) is 4.79 Å². The Morgan fingerprint density at radius 1 is 1.41 bits per heavy atom. The molecule has 3 heterocycles. The van der Waals surface area contributed by atoms with Crippen molar-refractivity contribution in [2.45, 2.75) is 31.7 Å². The summed E-state index contributed by atoms with van der Waals surface area (Å²) in [4.78, 5) is 21.9. The van der Waals surface area contributed by atoms with Gasteiger partial charge < -0.3 is 14.4 Å². The fourth-order valence-corrected chi connectivity index (χ4v) is 4.00. The van der Waals surface area contributed by atoms with Crippen molar-refractivity contribution in [3.63, 3.8) is 0 Å². The van der Waals surface area contributed by atoms with Crippen LogP contribution in [-0.2, 0) is 24.1 Å². The molecule has 0 aromatic carbocycles. The molecule has 1 aliphatic rings. The molecule has 0 saturated heterocycles. The molecule has 0 amide bonds. The lowest BCUT2D eigenvalue weighted by Gasteiger charge is -2.31. The Morgan fingerprint density at radius 3 is 2.85 bits per heavy atom.